The van der Waals surface area contributed by atoms with E-state index in [9.17, 15) is 0 Å². The molecule has 1 heterocycles. The molecule has 1 saturated carbocycles. The average molecular weight is 260 g/mol. The van der Waals surface area contributed by atoms with Gasteiger partial charge in [0.2, 0.25) is 0 Å². The molecule has 2 atom stereocenters. The summed E-state index contributed by atoms with van der Waals surface area (Å²) >= 11 is 0. The second kappa shape index (κ2) is 7.64. The summed E-state index contributed by atoms with van der Waals surface area (Å²) in [6, 6.07) is 4.95. The molecule has 0 aromatic carbocycles. The van der Waals surface area contributed by atoms with E-state index in [-0.39, 0.29) is 0 Å². The van der Waals surface area contributed by atoms with Crippen LogP contribution in [-0.2, 0) is 0 Å². The number of hydrogen-bond acceptors (Lipinski definition) is 2. The molecule has 0 aliphatic heterocycles. The molecule has 0 radical (unpaired) electrons. The molecule has 19 heavy (non-hydrogen) atoms. The normalized spacial score (nSPS) is 19.5. The molecule has 2 unspecified atom stereocenters. The van der Waals surface area contributed by atoms with Crippen LogP contribution < -0.4 is 5.32 Å². The van der Waals surface area contributed by atoms with Gasteiger partial charge in [-0.1, -0.05) is 39.5 Å². The third-order valence-corrected chi connectivity index (χ3v) is 4.55. The van der Waals surface area contributed by atoms with Gasteiger partial charge in [0, 0.05) is 18.4 Å². The molecule has 1 aromatic heterocycles. The highest BCUT2D eigenvalue weighted by atomic mass is 14.9. The van der Waals surface area contributed by atoms with Crippen molar-refractivity contribution in [2.45, 2.75) is 64.3 Å². The Morgan fingerprint density at radius 1 is 1.26 bits per heavy atom. The lowest BCUT2D eigenvalue weighted by molar-refractivity contribution is 0.352. The van der Waals surface area contributed by atoms with Crippen molar-refractivity contribution in [1.82, 2.24) is 10.3 Å². The number of rotatable bonds is 7. The van der Waals surface area contributed by atoms with Gasteiger partial charge in [0.25, 0.3) is 0 Å². The van der Waals surface area contributed by atoms with Gasteiger partial charge in [-0.25, -0.2) is 0 Å². The highest BCUT2D eigenvalue weighted by molar-refractivity contribution is 5.17. The van der Waals surface area contributed by atoms with Crippen LogP contribution in [0.4, 0.5) is 0 Å². The number of nitrogens with zero attached hydrogens (tertiary/aromatic N) is 1. The standard InChI is InChI=1S/C17H28N2/c1-3-10-19-17(13-15-6-4-5-7-15)14(2)16-8-11-18-12-9-16/h8-9,11-12,14-15,17,19H,3-7,10,13H2,1-2H3. The minimum Gasteiger partial charge on any atom is -0.313 e. The summed E-state index contributed by atoms with van der Waals surface area (Å²) in [5.74, 6) is 1.52. The number of pyridine rings is 1. The number of aromatic nitrogens is 1. The van der Waals surface area contributed by atoms with Gasteiger partial charge in [0.15, 0.2) is 0 Å². The summed E-state index contributed by atoms with van der Waals surface area (Å²) in [7, 11) is 0. The summed E-state index contributed by atoms with van der Waals surface area (Å²) < 4.78 is 0. The lowest BCUT2D eigenvalue weighted by Crippen LogP contribution is -2.36. The van der Waals surface area contributed by atoms with E-state index in [1.807, 2.05) is 12.4 Å². The third-order valence-electron chi connectivity index (χ3n) is 4.55. The Morgan fingerprint density at radius 3 is 2.58 bits per heavy atom. The molecule has 1 N–H and O–H groups in total. The molecule has 2 rings (SSSR count). The fourth-order valence-corrected chi connectivity index (χ4v) is 3.30. The first-order chi connectivity index (χ1) is 9.31. The minimum absolute atomic E-state index is 0.579. The van der Waals surface area contributed by atoms with Crippen LogP contribution in [0.2, 0.25) is 0 Å². The fraction of sp³-hybridized carbons (Fsp3) is 0.706. The van der Waals surface area contributed by atoms with E-state index in [1.54, 1.807) is 0 Å². The Bertz CT molecular complexity index is 344. The maximum absolute atomic E-state index is 4.13. The second-order valence-corrected chi connectivity index (χ2v) is 6.02. The predicted octanol–water partition coefficient (Wildman–Crippen LogP) is 4.13. The Kier molecular flexibility index (Phi) is 5.84. The van der Waals surface area contributed by atoms with Crippen molar-refractivity contribution in [2.24, 2.45) is 5.92 Å². The average Bonchev–Trinajstić information content (AvgIpc) is 2.96. The van der Waals surface area contributed by atoms with Crippen LogP contribution in [-0.4, -0.2) is 17.6 Å². The SMILES string of the molecule is CCCNC(CC1CCCC1)C(C)c1ccncc1. The molecule has 0 spiro atoms. The highest BCUT2D eigenvalue weighted by Crippen LogP contribution is 2.32. The number of nitrogens with one attached hydrogen (secondary N) is 1. The molecule has 1 aromatic rings. The van der Waals surface area contributed by atoms with Crippen LogP contribution in [0.1, 0.15) is 63.9 Å². The molecule has 2 heteroatoms. The molecule has 1 aliphatic rings. The second-order valence-electron chi connectivity index (χ2n) is 6.02. The molecule has 2 nitrogen and oxygen atoms in total. The van der Waals surface area contributed by atoms with Crippen LogP contribution in [0.5, 0.6) is 0 Å². The van der Waals surface area contributed by atoms with E-state index >= 15 is 0 Å². The first-order valence-corrected chi connectivity index (χ1v) is 7.94. The monoisotopic (exact) mass is 260 g/mol. The van der Waals surface area contributed by atoms with E-state index in [4.69, 9.17) is 0 Å². The Hall–Kier alpha value is -0.890. The van der Waals surface area contributed by atoms with Crippen molar-refractivity contribution in [3.8, 4) is 0 Å². The molecule has 106 valence electrons. The highest BCUT2D eigenvalue weighted by Gasteiger charge is 2.24. The van der Waals surface area contributed by atoms with Gasteiger partial charge in [-0.15, -0.1) is 0 Å². The molecule has 0 bridgehead atoms. The Morgan fingerprint density at radius 2 is 1.95 bits per heavy atom. The summed E-state index contributed by atoms with van der Waals surface area (Å²) in [5.41, 5.74) is 1.42. The Balaban J connectivity index is 1.98. The molecule has 1 fully saturated rings. The first kappa shape index (κ1) is 14.5. The van der Waals surface area contributed by atoms with Crippen molar-refractivity contribution < 1.29 is 0 Å². The predicted molar refractivity (Wildman–Crippen MR) is 81.3 cm³/mol. The smallest absolute Gasteiger partial charge is 0.0270 e. The van der Waals surface area contributed by atoms with Gasteiger partial charge in [0.05, 0.1) is 0 Å². The van der Waals surface area contributed by atoms with E-state index in [2.05, 4.69) is 36.3 Å². The van der Waals surface area contributed by atoms with Crippen LogP contribution in [0, 0.1) is 5.92 Å². The van der Waals surface area contributed by atoms with E-state index < -0.39 is 0 Å². The molecular formula is C17H28N2. The lowest BCUT2D eigenvalue weighted by atomic mass is 9.86. The zero-order valence-corrected chi connectivity index (χ0v) is 12.4. The zero-order chi connectivity index (χ0) is 13.5. The van der Waals surface area contributed by atoms with Crippen LogP contribution >= 0.6 is 0 Å². The maximum atomic E-state index is 4.13. The first-order valence-electron chi connectivity index (χ1n) is 7.94. The zero-order valence-electron chi connectivity index (χ0n) is 12.4. The molecular weight excluding hydrogens is 232 g/mol. The quantitative estimate of drug-likeness (QED) is 0.797. The largest absolute Gasteiger partial charge is 0.313 e. The number of hydrogen-bond donors (Lipinski definition) is 1. The van der Waals surface area contributed by atoms with Gasteiger partial charge in [-0.05, 0) is 48.9 Å². The van der Waals surface area contributed by atoms with Crippen molar-refractivity contribution in [3.63, 3.8) is 0 Å². The van der Waals surface area contributed by atoms with Crippen LogP contribution in [0.3, 0.4) is 0 Å². The lowest BCUT2D eigenvalue weighted by Gasteiger charge is -2.28. The summed E-state index contributed by atoms with van der Waals surface area (Å²) in [6.45, 7) is 5.74. The molecule has 0 amide bonds. The van der Waals surface area contributed by atoms with Crippen molar-refractivity contribution in [2.75, 3.05) is 6.54 Å². The van der Waals surface area contributed by atoms with E-state index in [1.165, 1.54) is 44.1 Å². The van der Waals surface area contributed by atoms with Gasteiger partial charge in [0.1, 0.15) is 0 Å². The van der Waals surface area contributed by atoms with Gasteiger partial charge in [-0.2, -0.15) is 0 Å². The van der Waals surface area contributed by atoms with E-state index in [0.29, 0.717) is 12.0 Å². The van der Waals surface area contributed by atoms with Gasteiger partial charge < -0.3 is 5.32 Å². The van der Waals surface area contributed by atoms with Crippen LogP contribution in [0.25, 0.3) is 0 Å². The molecule has 0 saturated heterocycles. The van der Waals surface area contributed by atoms with Gasteiger partial charge >= 0.3 is 0 Å². The van der Waals surface area contributed by atoms with Crippen molar-refractivity contribution >= 4 is 0 Å². The summed E-state index contributed by atoms with van der Waals surface area (Å²) in [6.07, 6.45) is 12.1. The molecule has 1 aliphatic carbocycles. The fourth-order valence-electron chi connectivity index (χ4n) is 3.30. The Labute approximate surface area is 118 Å². The van der Waals surface area contributed by atoms with Crippen molar-refractivity contribution in [3.05, 3.63) is 30.1 Å². The van der Waals surface area contributed by atoms with Gasteiger partial charge in [-0.3, -0.25) is 4.98 Å². The minimum atomic E-state index is 0.579. The third kappa shape index (κ3) is 4.31. The van der Waals surface area contributed by atoms with Crippen LogP contribution in [0.15, 0.2) is 24.5 Å². The maximum Gasteiger partial charge on any atom is 0.0270 e. The summed E-state index contributed by atoms with van der Waals surface area (Å²) in [5, 5.41) is 3.77. The van der Waals surface area contributed by atoms with E-state index in [0.717, 1.165) is 12.5 Å². The summed E-state index contributed by atoms with van der Waals surface area (Å²) in [4.78, 5) is 4.13. The topological polar surface area (TPSA) is 24.9 Å². The van der Waals surface area contributed by atoms with Crippen molar-refractivity contribution in [1.29, 1.82) is 0 Å².